The van der Waals surface area contributed by atoms with Gasteiger partial charge in [0.05, 0.1) is 12.7 Å². The molecule has 11 heteroatoms. The summed E-state index contributed by atoms with van der Waals surface area (Å²) in [5.74, 6) is 1.02. The average molecular weight is 509 g/mol. The Balaban J connectivity index is 1.16. The Morgan fingerprint density at radius 1 is 0.947 bits per heavy atom. The molecule has 1 saturated heterocycles. The lowest BCUT2D eigenvalue weighted by Gasteiger charge is -2.13. The largest absolute Gasteiger partial charge is 0.354 e. The van der Waals surface area contributed by atoms with E-state index in [1.54, 1.807) is 23.7 Å². The summed E-state index contributed by atoms with van der Waals surface area (Å²) >= 11 is 0. The van der Waals surface area contributed by atoms with Crippen molar-refractivity contribution in [3.05, 3.63) is 78.3 Å². The zero-order chi connectivity index (χ0) is 25.9. The predicted octanol–water partition coefficient (Wildman–Crippen LogP) is 2.49. The molecule has 0 aliphatic carbocycles. The van der Waals surface area contributed by atoms with E-state index in [0.29, 0.717) is 29.4 Å². The molecule has 1 aromatic carbocycles. The fraction of sp³-hybridized carbons (Fsp3) is 0.296. The molecule has 1 fully saturated rings. The van der Waals surface area contributed by atoms with Gasteiger partial charge in [-0.2, -0.15) is 14.7 Å². The summed E-state index contributed by atoms with van der Waals surface area (Å²) in [5, 5.41) is 20.0. The van der Waals surface area contributed by atoms with Gasteiger partial charge in [-0.25, -0.2) is 9.97 Å². The third kappa shape index (κ3) is 5.00. The van der Waals surface area contributed by atoms with Crippen molar-refractivity contribution in [2.75, 3.05) is 26.7 Å². The smallest absolute Gasteiger partial charge is 0.271 e. The summed E-state index contributed by atoms with van der Waals surface area (Å²) in [7, 11) is 1.57. The fourth-order valence-corrected chi connectivity index (χ4v) is 4.71. The van der Waals surface area contributed by atoms with Gasteiger partial charge in [-0.15, -0.1) is 10.2 Å². The van der Waals surface area contributed by atoms with E-state index in [1.807, 2.05) is 47.5 Å². The average Bonchev–Trinajstić information content (AvgIpc) is 3.73. The van der Waals surface area contributed by atoms with E-state index >= 15 is 0 Å². The molecule has 1 N–H and O–H groups in total. The van der Waals surface area contributed by atoms with Crippen LogP contribution in [0.15, 0.2) is 61.2 Å². The third-order valence-electron chi connectivity index (χ3n) is 6.80. The van der Waals surface area contributed by atoms with Crippen molar-refractivity contribution in [3.8, 4) is 22.5 Å². The molecular formula is C27H28N10O. The lowest BCUT2D eigenvalue weighted by Crippen LogP contribution is -2.24. The van der Waals surface area contributed by atoms with Gasteiger partial charge in [0.1, 0.15) is 5.69 Å². The van der Waals surface area contributed by atoms with E-state index in [9.17, 15) is 4.79 Å². The van der Waals surface area contributed by atoms with Crippen molar-refractivity contribution in [2.24, 2.45) is 0 Å². The van der Waals surface area contributed by atoms with Crippen LogP contribution in [-0.2, 0) is 13.0 Å². The lowest BCUT2D eigenvalue weighted by molar-refractivity contribution is 0.0957. The number of amides is 1. The lowest BCUT2D eigenvalue weighted by atomic mass is 10.1. The first-order valence-electron chi connectivity index (χ1n) is 12.8. The molecule has 6 rings (SSSR count). The molecule has 0 spiro atoms. The van der Waals surface area contributed by atoms with Gasteiger partial charge in [-0.1, -0.05) is 18.2 Å². The second-order valence-corrected chi connectivity index (χ2v) is 9.40. The van der Waals surface area contributed by atoms with Crippen LogP contribution in [0.25, 0.3) is 28.2 Å². The number of fused-ring (bicyclic) bond motifs is 1. The molecule has 1 amide bonds. The van der Waals surface area contributed by atoms with E-state index in [-0.39, 0.29) is 5.91 Å². The van der Waals surface area contributed by atoms with E-state index < -0.39 is 0 Å². The number of nitrogens with zero attached hydrogens (tertiary/aromatic N) is 9. The molecule has 4 aromatic heterocycles. The molecule has 0 bridgehead atoms. The van der Waals surface area contributed by atoms with E-state index in [4.69, 9.17) is 0 Å². The highest BCUT2D eigenvalue weighted by Crippen LogP contribution is 2.22. The number of benzene rings is 1. The van der Waals surface area contributed by atoms with Crippen LogP contribution in [0.5, 0.6) is 0 Å². The second kappa shape index (κ2) is 10.5. The minimum absolute atomic E-state index is 0.261. The van der Waals surface area contributed by atoms with Crippen LogP contribution in [0, 0.1) is 0 Å². The van der Waals surface area contributed by atoms with Crippen molar-refractivity contribution in [1.29, 1.82) is 0 Å². The molecule has 192 valence electrons. The van der Waals surface area contributed by atoms with E-state index in [1.165, 1.54) is 25.9 Å². The second-order valence-electron chi connectivity index (χ2n) is 9.40. The van der Waals surface area contributed by atoms with Crippen LogP contribution in [0.3, 0.4) is 0 Å². The predicted molar refractivity (Wildman–Crippen MR) is 141 cm³/mol. The Morgan fingerprint density at radius 3 is 2.61 bits per heavy atom. The molecule has 0 unspecified atom stereocenters. The van der Waals surface area contributed by atoms with Crippen molar-refractivity contribution < 1.29 is 4.79 Å². The summed E-state index contributed by atoms with van der Waals surface area (Å²) in [6, 6.07) is 11.4. The number of nitrogens with one attached hydrogen (secondary N) is 1. The molecule has 11 nitrogen and oxygen atoms in total. The van der Waals surface area contributed by atoms with E-state index in [2.05, 4.69) is 46.8 Å². The molecule has 5 aromatic rings. The molecule has 0 saturated carbocycles. The highest BCUT2D eigenvalue weighted by molar-refractivity contribution is 5.92. The van der Waals surface area contributed by atoms with E-state index in [0.717, 1.165) is 35.3 Å². The van der Waals surface area contributed by atoms with Gasteiger partial charge in [0.2, 0.25) is 0 Å². The Labute approximate surface area is 219 Å². The molecule has 0 atom stereocenters. The first kappa shape index (κ1) is 23.9. The van der Waals surface area contributed by atoms with Gasteiger partial charge in [-0.05, 0) is 49.7 Å². The van der Waals surface area contributed by atoms with Crippen LogP contribution >= 0.6 is 0 Å². The van der Waals surface area contributed by atoms with Crippen molar-refractivity contribution in [1.82, 2.24) is 49.8 Å². The number of aromatic nitrogens is 8. The molecule has 5 heterocycles. The highest BCUT2D eigenvalue weighted by atomic mass is 16.1. The van der Waals surface area contributed by atoms with Crippen molar-refractivity contribution in [2.45, 2.75) is 25.8 Å². The van der Waals surface area contributed by atoms with Gasteiger partial charge in [0.15, 0.2) is 17.3 Å². The van der Waals surface area contributed by atoms with Crippen LogP contribution in [0.4, 0.5) is 0 Å². The standard InChI is InChI=1S/C27H28N10O/c1-28-27(38)23-7-8-24-32-33-25(37(24)34-23)14-19-5-4-6-20(13-19)26-29-15-21(16-30-26)22-17-31-36(18-22)12-11-35-9-2-3-10-35/h4-8,13,15-18H,2-3,9-12,14H2,1H3,(H,28,38). The number of hydrogen-bond donors (Lipinski definition) is 1. The quantitative estimate of drug-likeness (QED) is 0.340. The third-order valence-corrected chi connectivity index (χ3v) is 6.80. The van der Waals surface area contributed by atoms with Crippen LogP contribution in [-0.4, -0.2) is 77.0 Å². The van der Waals surface area contributed by atoms with Crippen molar-refractivity contribution in [3.63, 3.8) is 0 Å². The molecule has 1 aliphatic rings. The maximum atomic E-state index is 12.0. The number of carbonyl (C=O) groups is 1. The summed E-state index contributed by atoms with van der Waals surface area (Å²) in [6.45, 7) is 4.30. The Bertz CT molecular complexity index is 1570. The minimum atomic E-state index is -0.261. The maximum Gasteiger partial charge on any atom is 0.271 e. The summed E-state index contributed by atoms with van der Waals surface area (Å²) in [4.78, 5) is 23.7. The Kier molecular flexibility index (Phi) is 6.57. The zero-order valence-electron chi connectivity index (χ0n) is 21.2. The van der Waals surface area contributed by atoms with Gasteiger partial charge in [-0.3, -0.25) is 9.48 Å². The number of likely N-dealkylation sites (tertiary alicyclic amines) is 1. The number of carbonyl (C=O) groups excluding carboxylic acids is 1. The molecular weight excluding hydrogens is 480 g/mol. The van der Waals surface area contributed by atoms with Crippen LogP contribution < -0.4 is 5.32 Å². The Morgan fingerprint density at radius 2 is 1.79 bits per heavy atom. The monoisotopic (exact) mass is 508 g/mol. The number of hydrogen-bond acceptors (Lipinski definition) is 8. The SMILES string of the molecule is CNC(=O)c1ccc2nnc(Cc3cccc(-c4ncc(-c5cnn(CCN6CCCC6)c5)cn4)c3)n2n1. The number of rotatable bonds is 8. The van der Waals surface area contributed by atoms with Gasteiger partial charge >= 0.3 is 0 Å². The first-order chi connectivity index (χ1) is 18.7. The molecule has 0 radical (unpaired) electrons. The topological polar surface area (TPSA) is 119 Å². The Hall–Kier alpha value is -4.51. The zero-order valence-corrected chi connectivity index (χ0v) is 21.2. The summed E-state index contributed by atoms with van der Waals surface area (Å²) in [6.07, 6.45) is 10.7. The summed E-state index contributed by atoms with van der Waals surface area (Å²) in [5.41, 5.74) is 4.75. The normalized spacial score (nSPS) is 13.8. The first-order valence-corrected chi connectivity index (χ1v) is 12.8. The highest BCUT2D eigenvalue weighted by Gasteiger charge is 2.14. The molecule has 1 aliphatic heterocycles. The van der Waals surface area contributed by atoms with Crippen LogP contribution in [0.1, 0.15) is 34.7 Å². The maximum absolute atomic E-state index is 12.0. The fourth-order valence-electron chi connectivity index (χ4n) is 4.71. The van der Waals surface area contributed by atoms with Crippen molar-refractivity contribution >= 4 is 11.6 Å². The minimum Gasteiger partial charge on any atom is -0.354 e. The summed E-state index contributed by atoms with van der Waals surface area (Å²) < 4.78 is 3.60. The van der Waals surface area contributed by atoms with Gasteiger partial charge < -0.3 is 10.2 Å². The van der Waals surface area contributed by atoms with Crippen LogP contribution in [0.2, 0.25) is 0 Å². The van der Waals surface area contributed by atoms with Gasteiger partial charge in [0, 0.05) is 55.3 Å². The van der Waals surface area contributed by atoms with Gasteiger partial charge in [0.25, 0.3) is 5.91 Å². The molecule has 38 heavy (non-hydrogen) atoms.